The molecule has 2 aromatic rings. The molecule has 1 saturated heterocycles. The molecule has 0 saturated carbocycles. The molecule has 1 aliphatic rings. The van der Waals surface area contributed by atoms with Crippen LogP contribution in [0.3, 0.4) is 0 Å². The Balaban J connectivity index is 1.77. The Morgan fingerprint density at radius 2 is 2.06 bits per heavy atom. The molecule has 0 atom stereocenters. The van der Waals surface area contributed by atoms with Crippen LogP contribution in [-0.4, -0.2) is 18.1 Å². The Hall–Kier alpha value is -1.19. The Morgan fingerprint density at radius 3 is 2.75 bits per heavy atom. The number of hydrogen-bond acceptors (Lipinski definition) is 3. The number of thiazole rings is 1. The van der Waals surface area contributed by atoms with Crippen LogP contribution in [-0.2, 0) is 6.42 Å². The van der Waals surface area contributed by atoms with Crippen LogP contribution in [0.25, 0.3) is 11.3 Å². The molecule has 0 radical (unpaired) electrons. The fourth-order valence-electron chi connectivity index (χ4n) is 1.89. The first kappa shape index (κ1) is 10.00. The molecule has 0 unspecified atom stereocenters. The minimum atomic E-state index is 0.801. The minimum absolute atomic E-state index is 0.801. The largest absolute Gasteiger partial charge is 0.316 e. The van der Waals surface area contributed by atoms with Crippen molar-refractivity contribution in [2.75, 3.05) is 13.1 Å². The van der Waals surface area contributed by atoms with Crippen LogP contribution in [0, 0.1) is 5.92 Å². The highest BCUT2D eigenvalue weighted by atomic mass is 32.1. The summed E-state index contributed by atoms with van der Waals surface area (Å²) in [7, 11) is 0. The molecule has 1 aliphatic heterocycles. The lowest BCUT2D eigenvalue weighted by atomic mass is 10.0. The quantitative estimate of drug-likeness (QED) is 0.876. The lowest BCUT2D eigenvalue weighted by Crippen LogP contribution is -2.43. The van der Waals surface area contributed by atoms with Gasteiger partial charge in [-0.1, -0.05) is 30.3 Å². The third-order valence-corrected chi connectivity index (χ3v) is 3.82. The highest BCUT2D eigenvalue weighted by molar-refractivity contribution is 7.09. The Morgan fingerprint density at radius 1 is 1.25 bits per heavy atom. The van der Waals surface area contributed by atoms with E-state index in [2.05, 4.69) is 35.0 Å². The van der Waals surface area contributed by atoms with E-state index in [-0.39, 0.29) is 0 Å². The van der Waals surface area contributed by atoms with Crippen molar-refractivity contribution < 1.29 is 0 Å². The summed E-state index contributed by atoms with van der Waals surface area (Å²) in [5.74, 6) is 0.801. The second-order valence-electron chi connectivity index (χ2n) is 4.22. The predicted octanol–water partition coefficient (Wildman–Crippen LogP) is 2.57. The highest BCUT2D eigenvalue weighted by Gasteiger charge is 2.18. The number of nitrogens with zero attached hydrogens (tertiary/aromatic N) is 1. The Labute approximate surface area is 99.4 Å². The molecule has 0 amide bonds. The lowest BCUT2D eigenvalue weighted by Gasteiger charge is -2.25. The van der Waals surface area contributed by atoms with Gasteiger partial charge in [-0.2, -0.15) is 0 Å². The summed E-state index contributed by atoms with van der Waals surface area (Å²) in [5, 5.41) is 6.73. The van der Waals surface area contributed by atoms with Gasteiger partial charge in [0.15, 0.2) is 0 Å². The standard InChI is InChI=1S/C13H14N2S/c1-2-4-11(5-3-1)12-9-16-13(15-12)6-10-7-14-8-10/h1-5,9-10,14H,6-8H2. The van der Waals surface area contributed by atoms with Crippen molar-refractivity contribution in [2.45, 2.75) is 6.42 Å². The average Bonchev–Trinajstić information content (AvgIpc) is 2.73. The van der Waals surface area contributed by atoms with E-state index in [0.29, 0.717) is 0 Å². The predicted molar refractivity (Wildman–Crippen MR) is 67.6 cm³/mol. The van der Waals surface area contributed by atoms with Crippen LogP contribution in [0.5, 0.6) is 0 Å². The van der Waals surface area contributed by atoms with Crippen molar-refractivity contribution in [3.05, 3.63) is 40.7 Å². The zero-order valence-electron chi connectivity index (χ0n) is 9.02. The van der Waals surface area contributed by atoms with Crippen LogP contribution >= 0.6 is 11.3 Å². The molecular weight excluding hydrogens is 216 g/mol. The van der Waals surface area contributed by atoms with Crippen LogP contribution in [0.4, 0.5) is 0 Å². The van der Waals surface area contributed by atoms with E-state index in [9.17, 15) is 0 Å². The molecular formula is C13H14N2S. The molecule has 1 fully saturated rings. The van der Waals surface area contributed by atoms with Gasteiger partial charge in [0.2, 0.25) is 0 Å². The lowest BCUT2D eigenvalue weighted by molar-refractivity contribution is 0.346. The third-order valence-electron chi connectivity index (χ3n) is 2.95. The van der Waals surface area contributed by atoms with Crippen LogP contribution in [0.15, 0.2) is 35.7 Å². The van der Waals surface area contributed by atoms with Crippen molar-refractivity contribution in [3.63, 3.8) is 0 Å². The number of nitrogens with one attached hydrogen (secondary N) is 1. The molecule has 1 aromatic heterocycles. The van der Waals surface area contributed by atoms with E-state index in [4.69, 9.17) is 4.98 Å². The zero-order valence-corrected chi connectivity index (χ0v) is 9.83. The Bertz CT molecular complexity index is 460. The first-order valence-corrected chi connectivity index (χ1v) is 6.50. The first-order valence-electron chi connectivity index (χ1n) is 5.62. The second kappa shape index (κ2) is 4.36. The summed E-state index contributed by atoms with van der Waals surface area (Å²) in [6.45, 7) is 2.31. The number of rotatable bonds is 3. The monoisotopic (exact) mass is 230 g/mol. The van der Waals surface area contributed by atoms with Crippen molar-refractivity contribution in [1.82, 2.24) is 10.3 Å². The summed E-state index contributed by atoms with van der Waals surface area (Å²) in [6.07, 6.45) is 1.13. The number of aromatic nitrogens is 1. The van der Waals surface area contributed by atoms with Gasteiger partial charge >= 0.3 is 0 Å². The van der Waals surface area contributed by atoms with E-state index < -0.39 is 0 Å². The van der Waals surface area contributed by atoms with E-state index in [1.807, 2.05) is 6.07 Å². The van der Waals surface area contributed by atoms with E-state index in [0.717, 1.165) is 31.1 Å². The molecule has 0 bridgehead atoms. The van der Waals surface area contributed by atoms with Crippen molar-refractivity contribution in [2.24, 2.45) is 5.92 Å². The molecule has 1 N–H and O–H groups in total. The molecule has 0 aliphatic carbocycles. The maximum Gasteiger partial charge on any atom is 0.0936 e. The molecule has 1 aromatic carbocycles. The van der Waals surface area contributed by atoms with E-state index in [1.54, 1.807) is 11.3 Å². The normalized spacial score (nSPS) is 16.0. The number of hydrogen-bond donors (Lipinski definition) is 1. The van der Waals surface area contributed by atoms with Crippen LogP contribution < -0.4 is 5.32 Å². The molecule has 2 heterocycles. The Kier molecular flexibility index (Phi) is 2.72. The van der Waals surface area contributed by atoms with Gasteiger partial charge in [-0.25, -0.2) is 4.98 Å². The molecule has 16 heavy (non-hydrogen) atoms. The van der Waals surface area contributed by atoms with Gasteiger partial charge < -0.3 is 5.32 Å². The summed E-state index contributed by atoms with van der Waals surface area (Å²) < 4.78 is 0. The maximum absolute atomic E-state index is 4.69. The summed E-state index contributed by atoms with van der Waals surface area (Å²) in [4.78, 5) is 4.69. The van der Waals surface area contributed by atoms with Gasteiger partial charge in [0.25, 0.3) is 0 Å². The van der Waals surface area contributed by atoms with Crippen molar-refractivity contribution in [1.29, 1.82) is 0 Å². The molecule has 2 nitrogen and oxygen atoms in total. The van der Waals surface area contributed by atoms with Crippen LogP contribution in [0.2, 0.25) is 0 Å². The summed E-state index contributed by atoms with van der Waals surface area (Å²) in [6, 6.07) is 10.4. The first-order chi connectivity index (χ1) is 7.92. The smallest absolute Gasteiger partial charge is 0.0936 e. The van der Waals surface area contributed by atoms with Crippen LogP contribution in [0.1, 0.15) is 5.01 Å². The minimum Gasteiger partial charge on any atom is -0.316 e. The molecule has 0 spiro atoms. The summed E-state index contributed by atoms with van der Waals surface area (Å²) >= 11 is 1.78. The zero-order chi connectivity index (χ0) is 10.8. The summed E-state index contributed by atoms with van der Waals surface area (Å²) in [5.41, 5.74) is 2.34. The fourth-order valence-corrected chi connectivity index (χ4v) is 2.81. The topological polar surface area (TPSA) is 24.9 Å². The maximum atomic E-state index is 4.69. The van der Waals surface area contributed by atoms with Gasteiger partial charge in [-0.05, 0) is 19.0 Å². The number of benzene rings is 1. The van der Waals surface area contributed by atoms with Crippen molar-refractivity contribution >= 4 is 11.3 Å². The third kappa shape index (κ3) is 2.01. The van der Waals surface area contributed by atoms with Gasteiger partial charge in [-0.15, -0.1) is 11.3 Å². The van der Waals surface area contributed by atoms with Gasteiger partial charge in [0, 0.05) is 17.4 Å². The van der Waals surface area contributed by atoms with Gasteiger partial charge in [0.05, 0.1) is 10.7 Å². The SMILES string of the molecule is c1ccc(-c2csc(CC3CNC3)n2)cc1. The van der Waals surface area contributed by atoms with Gasteiger partial charge in [0.1, 0.15) is 0 Å². The fraction of sp³-hybridized carbons (Fsp3) is 0.308. The second-order valence-corrected chi connectivity index (χ2v) is 5.16. The molecule has 3 rings (SSSR count). The van der Waals surface area contributed by atoms with Crippen molar-refractivity contribution in [3.8, 4) is 11.3 Å². The molecule has 82 valence electrons. The van der Waals surface area contributed by atoms with Gasteiger partial charge in [-0.3, -0.25) is 0 Å². The highest BCUT2D eigenvalue weighted by Crippen LogP contribution is 2.23. The molecule has 3 heteroatoms. The average molecular weight is 230 g/mol. The van der Waals surface area contributed by atoms with E-state index >= 15 is 0 Å². The van der Waals surface area contributed by atoms with E-state index in [1.165, 1.54) is 10.6 Å².